The molecule has 0 unspecified atom stereocenters. The van der Waals surface area contributed by atoms with Crippen molar-refractivity contribution in [1.82, 2.24) is 0 Å². The number of aromatic nitrogens is 1. The summed E-state index contributed by atoms with van der Waals surface area (Å²) in [5.74, 6) is 0.878. The van der Waals surface area contributed by atoms with Crippen LogP contribution in [0, 0.1) is 0 Å². The maximum Gasteiger partial charge on any atom is 0.673 e. The fraction of sp³-hybridized carbons (Fsp3) is 0.0833. The number of benzene rings is 1. The van der Waals surface area contributed by atoms with Crippen molar-refractivity contribution in [2.45, 2.75) is 0 Å². The van der Waals surface area contributed by atoms with Gasteiger partial charge in [0, 0.05) is 18.2 Å². The Morgan fingerprint density at radius 1 is 0.895 bits per heavy atom. The van der Waals surface area contributed by atoms with E-state index in [-0.39, 0.29) is 0 Å². The van der Waals surface area contributed by atoms with E-state index in [0.717, 1.165) is 11.4 Å². The zero-order valence-electron chi connectivity index (χ0n) is 10.1. The Hall–Kier alpha value is -2.05. The van der Waals surface area contributed by atoms with Crippen molar-refractivity contribution in [1.29, 1.82) is 0 Å². The molecule has 0 fully saturated rings. The normalized spacial score (nSPS) is 10.4. The summed E-state index contributed by atoms with van der Waals surface area (Å²) in [6.07, 6.45) is 4.00. The van der Waals surface area contributed by atoms with Crippen LogP contribution in [0.25, 0.3) is 5.69 Å². The number of halogens is 4. The number of methoxy groups -OCH3 is 1. The minimum Gasteiger partial charge on any atom is -0.490 e. The van der Waals surface area contributed by atoms with Gasteiger partial charge in [-0.25, -0.2) is 0 Å². The summed E-state index contributed by atoms with van der Waals surface area (Å²) in [6.45, 7) is 0. The van der Waals surface area contributed by atoms with Gasteiger partial charge in [0.2, 0.25) is 0 Å². The third-order valence-electron chi connectivity index (χ3n) is 2.08. The molecule has 0 atom stereocenters. The Morgan fingerprint density at radius 3 is 1.95 bits per heavy atom. The Labute approximate surface area is 108 Å². The van der Waals surface area contributed by atoms with Gasteiger partial charge in [0.15, 0.2) is 18.1 Å². The molecule has 0 amide bonds. The quantitative estimate of drug-likeness (QED) is 0.465. The minimum absolute atomic E-state index is 0.878. The first kappa shape index (κ1) is 15.0. The molecule has 0 N–H and O–H groups in total. The van der Waals surface area contributed by atoms with Crippen LogP contribution in [0.3, 0.4) is 0 Å². The molecule has 2 rings (SSSR count). The molecule has 0 aliphatic heterocycles. The van der Waals surface area contributed by atoms with Crippen LogP contribution < -0.4 is 9.30 Å². The van der Waals surface area contributed by atoms with Crippen molar-refractivity contribution in [2.75, 3.05) is 7.11 Å². The monoisotopic (exact) mass is 273 g/mol. The van der Waals surface area contributed by atoms with E-state index in [1.807, 2.05) is 59.4 Å². The van der Waals surface area contributed by atoms with E-state index in [1.165, 1.54) is 0 Å². The summed E-state index contributed by atoms with van der Waals surface area (Å²) in [6, 6.07) is 13.9. The van der Waals surface area contributed by atoms with Crippen LogP contribution in [-0.2, 0) is 0 Å². The average molecular weight is 273 g/mol. The third kappa shape index (κ3) is 5.90. The van der Waals surface area contributed by atoms with E-state index in [9.17, 15) is 17.3 Å². The van der Waals surface area contributed by atoms with Gasteiger partial charge in [-0.15, -0.1) is 0 Å². The molecule has 1 aromatic carbocycles. The van der Waals surface area contributed by atoms with E-state index >= 15 is 0 Å². The van der Waals surface area contributed by atoms with E-state index in [2.05, 4.69) is 0 Å². The van der Waals surface area contributed by atoms with Crippen LogP contribution in [0.5, 0.6) is 5.75 Å². The standard InChI is InChI=1S/C12H12NO.BF4/c1-14-12-8-4-3-7-11(12)13-9-5-2-6-10-13;2-1(3,4)5/h2-10H,1H3;/q+1;-1. The van der Waals surface area contributed by atoms with Crippen molar-refractivity contribution in [2.24, 2.45) is 0 Å². The van der Waals surface area contributed by atoms with Crippen molar-refractivity contribution in [3.05, 3.63) is 54.9 Å². The average Bonchev–Trinajstić information content (AvgIpc) is 2.38. The number of rotatable bonds is 2. The van der Waals surface area contributed by atoms with Gasteiger partial charge in [-0.2, -0.15) is 4.57 Å². The van der Waals surface area contributed by atoms with Gasteiger partial charge in [-0.05, 0) is 6.07 Å². The summed E-state index contributed by atoms with van der Waals surface area (Å²) in [7, 11) is -4.32. The molecular weight excluding hydrogens is 261 g/mol. The van der Waals surface area contributed by atoms with Crippen molar-refractivity contribution in [3.8, 4) is 11.4 Å². The molecule has 7 heteroatoms. The SMILES string of the molecule is COc1ccccc1-[n+]1ccccc1.F[B-](F)(F)F. The highest BCUT2D eigenvalue weighted by Gasteiger charge is 2.20. The maximum absolute atomic E-state index is 9.75. The summed E-state index contributed by atoms with van der Waals surface area (Å²) >= 11 is 0. The van der Waals surface area contributed by atoms with Crippen LogP contribution in [0.4, 0.5) is 17.3 Å². The van der Waals surface area contributed by atoms with Crippen molar-refractivity contribution in [3.63, 3.8) is 0 Å². The molecule has 102 valence electrons. The predicted molar refractivity (Wildman–Crippen MR) is 64.7 cm³/mol. The van der Waals surface area contributed by atoms with Gasteiger partial charge in [-0.1, -0.05) is 18.2 Å². The van der Waals surface area contributed by atoms with Gasteiger partial charge in [0.05, 0.1) is 7.11 Å². The molecule has 1 aromatic heterocycles. The second-order valence-electron chi connectivity index (χ2n) is 3.45. The Bertz CT molecular complexity index is 499. The largest absolute Gasteiger partial charge is 0.673 e. The molecule has 0 saturated carbocycles. The highest BCUT2D eigenvalue weighted by atomic mass is 19.5. The molecule has 1 heterocycles. The highest BCUT2D eigenvalue weighted by Crippen LogP contribution is 2.16. The molecule has 19 heavy (non-hydrogen) atoms. The van der Waals surface area contributed by atoms with Crippen LogP contribution in [0.1, 0.15) is 0 Å². The fourth-order valence-electron chi connectivity index (χ4n) is 1.40. The van der Waals surface area contributed by atoms with Crippen LogP contribution in [0.2, 0.25) is 0 Å². The summed E-state index contributed by atoms with van der Waals surface area (Å²) < 4.78 is 46.3. The first-order chi connectivity index (χ1) is 8.92. The predicted octanol–water partition coefficient (Wildman–Crippen LogP) is 3.27. The van der Waals surface area contributed by atoms with Gasteiger partial charge in [0.25, 0.3) is 5.69 Å². The summed E-state index contributed by atoms with van der Waals surface area (Å²) in [4.78, 5) is 0. The topological polar surface area (TPSA) is 13.1 Å². The minimum atomic E-state index is -6.00. The number of pyridine rings is 1. The number of ether oxygens (including phenoxy) is 1. The van der Waals surface area contributed by atoms with E-state index in [1.54, 1.807) is 7.11 Å². The zero-order chi connectivity index (χ0) is 14.3. The Kier molecular flexibility index (Phi) is 5.35. The molecule has 0 spiro atoms. The van der Waals surface area contributed by atoms with E-state index in [4.69, 9.17) is 4.74 Å². The van der Waals surface area contributed by atoms with Crippen LogP contribution >= 0.6 is 0 Å². The lowest BCUT2D eigenvalue weighted by Gasteiger charge is -2.01. The number of para-hydroxylation sites is 2. The third-order valence-corrected chi connectivity index (χ3v) is 2.08. The second-order valence-corrected chi connectivity index (χ2v) is 3.45. The smallest absolute Gasteiger partial charge is 0.490 e. The number of hydrogen-bond donors (Lipinski definition) is 0. The van der Waals surface area contributed by atoms with Crippen molar-refractivity contribution >= 4 is 7.25 Å². The fourth-order valence-corrected chi connectivity index (χ4v) is 1.40. The van der Waals surface area contributed by atoms with E-state index < -0.39 is 7.25 Å². The molecule has 2 aromatic rings. The zero-order valence-corrected chi connectivity index (χ0v) is 10.1. The Balaban J connectivity index is 0.000000312. The van der Waals surface area contributed by atoms with Crippen LogP contribution in [-0.4, -0.2) is 14.4 Å². The first-order valence-electron chi connectivity index (χ1n) is 5.39. The Morgan fingerprint density at radius 2 is 1.42 bits per heavy atom. The summed E-state index contributed by atoms with van der Waals surface area (Å²) in [5.41, 5.74) is 1.05. The lowest BCUT2D eigenvalue weighted by Crippen LogP contribution is -2.29. The molecule has 2 nitrogen and oxygen atoms in total. The lowest BCUT2D eigenvalue weighted by molar-refractivity contribution is -0.596. The van der Waals surface area contributed by atoms with E-state index in [0.29, 0.717) is 0 Å². The van der Waals surface area contributed by atoms with Crippen LogP contribution in [0.15, 0.2) is 54.9 Å². The van der Waals surface area contributed by atoms with Gasteiger partial charge in [0.1, 0.15) is 0 Å². The first-order valence-corrected chi connectivity index (χ1v) is 5.39. The van der Waals surface area contributed by atoms with Crippen molar-refractivity contribution < 1.29 is 26.6 Å². The molecule has 0 radical (unpaired) electrons. The molecular formula is C12H12BF4NO. The molecule has 0 aliphatic rings. The second kappa shape index (κ2) is 6.77. The van der Waals surface area contributed by atoms with Gasteiger partial charge < -0.3 is 22.0 Å². The lowest BCUT2D eigenvalue weighted by atomic mass is 10.3. The maximum atomic E-state index is 9.75. The summed E-state index contributed by atoms with van der Waals surface area (Å²) in [5, 5.41) is 0. The number of nitrogens with zero attached hydrogens (tertiary/aromatic N) is 1. The van der Waals surface area contributed by atoms with Gasteiger partial charge in [-0.3, -0.25) is 0 Å². The molecule has 0 bridgehead atoms. The highest BCUT2D eigenvalue weighted by molar-refractivity contribution is 6.50. The van der Waals surface area contributed by atoms with Gasteiger partial charge >= 0.3 is 7.25 Å². The molecule has 0 saturated heterocycles. The molecule has 0 aliphatic carbocycles. The number of hydrogen-bond acceptors (Lipinski definition) is 1.